The molecule has 0 aromatic heterocycles. The molecule has 1 atom stereocenters. The summed E-state index contributed by atoms with van der Waals surface area (Å²) in [5, 5.41) is 12.1. The van der Waals surface area contributed by atoms with Gasteiger partial charge < -0.3 is 9.90 Å². The van der Waals surface area contributed by atoms with Crippen molar-refractivity contribution in [1.82, 2.24) is 4.90 Å². The molecule has 3 nitrogen and oxygen atoms in total. The van der Waals surface area contributed by atoms with Crippen LogP contribution in [0.15, 0.2) is 0 Å². The van der Waals surface area contributed by atoms with Crippen LogP contribution in [-0.4, -0.2) is 30.0 Å². The molecule has 0 amide bonds. The Balaban J connectivity index is 0. The van der Waals surface area contributed by atoms with Crippen LogP contribution in [-0.2, 0) is 4.79 Å². The van der Waals surface area contributed by atoms with Crippen LogP contribution in [0.2, 0.25) is 0 Å². The van der Waals surface area contributed by atoms with Gasteiger partial charge in [-0.15, -0.1) is 0 Å². The minimum absolute atomic E-state index is 0. The maximum absolute atomic E-state index is 12.1. The molecule has 0 spiro atoms. The molecule has 0 saturated carbocycles. The summed E-state index contributed by atoms with van der Waals surface area (Å²) in [6.07, 6.45) is 49.7. The van der Waals surface area contributed by atoms with Gasteiger partial charge in [0.2, 0.25) is 0 Å². The smallest absolute Gasteiger partial charge is 0.548 e. The van der Waals surface area contributed by atoms with Gasteiger partial charge in [0.15, 0.2) is 0 Å². The molecule has 0 aromatic carbocycles. The number of hydrogen-bond acceptors (Lipinski definition) is 3. The van der Waals surface area contributed by atoms with Crippen LogP contribution in [0.4, 0.5) is 0 Å². The average molecular weight is 702 g/mol. The van der Waals surface area contributed by atoms with Gasteiger partial charge in [-0.05, 0) is 32.4 Å². The Morgan fingerprint density at radius 1 is 0.375 bits per heavy atom. The van der Waals surface area contributed by atoms with Gasteiger partial charge in [-0.1, -0.05) is 239 Å². The van der Waals surface area contributed by atoms with E-state index in [1.54, 1.807) is 0 Å². The van der Waals surface area contributed by atoms with E-state index in [1.807, 2.05) is 0 Å². The third-order valence-corrected chi connectivity index (χ3v) is 10.6. The molecule has 0 rings (SSSR count). The van der Waals surface area contributed by atoms with Crippen molar-refractivity contribution in [1.29, 1.82) is 0 Å². The number of aliphatic carboxylic acids is 1. The second-order valence-corrected chi connectivity index (χ2v) is 15.3. The van der Waals surface area contributed by atoms with Crippen LogP contribution in [0.5, 0.6) is 0 Å². The van der Waals surface area contributed by atoms with Crippen LogP contribution in [0, 0.1) is 0 Å². The first-order valence-corrected chi connectivity index (χ1v) is 22.1. The van der Waals surface area contributed by atoms with Crippen molar-refractivity contribution in [3.05, 3.63) is 0 Å². The van der Waals surface area contributed by atoms with E-state index < -0.39 is 12.0 Å². The third kappa shape index (κ3) is 38.3. The van der Waals surface area contributed by atoms with Gasteiger partial charge in [0.25, 0.3) is 0 Å². The van der Waals surface area contributed by atoms with Gasteiger partial charge in [-0.2, -0.15) is 0 Å². The molecule has 282 valence electrons. The van der Waals surface area contributed by atoms with Crippen LogP contribution < -0.4 is 56.5 Å². The Hall–Kier alpha value is 1.07. The fourth-order valence-electron chi connectivity index (χ4n) is 7.35. The Kier molecular flexibility index (Phi) is 47.2. The number of rotatable bonds is 41. The first kappa shape index (κ1) is 51.2. The van der Waals surface area contributed by atoms with Crippen molar-refractivity contribution in [2.24, 2.45) is 0 Å². The van der Waals surface area contributed by atoms with E-state index in [1.165, 1.54) is 205 Å². The van der Waals surface area contributed by atoms with E-state index in [0.29, 0.717) is 0 Å². The van der Waals surface area contributed by atoms with E-state index in [9.17, 15) is 9.90 Å². The van der Waals surface area contributed by atoms with E-state index in [4.69, 9.17) is 0 Å². The van der Waals surface area contributed by atoms with E-state index >= 15 is 0 Å². The van der Waals surface area contributed by atoms with Gasteiger partial charge in [0, 0.05) is 6.04 Å². The second kappa shape index (κ2) is 44.2. The summed E-state index contributed by atoms with van der Waals surface area (Å²) in [5.41, 5.74) is 0. The first-order chi connectivity index (χ1) is 23.2. The van der Waals surface area contributed by atoms with Gasteiger partial charge in [0.05, 0.1) is 5.97 Å². The normalized spacial score (nSPS) is 12.1. The summed E-state index contributed by atoms with van der Waals surface area (Å²) in [6.45, 7) is 8.61. The predicted molar refractivity (Wildman–Crippen MR) is 208 cm³/mol. The van der Waals surface area contributed by atoms with Crippen molar-refractivity contribution in [2.45, 2.75) is 264 Å². The number of hydrogen-bond donors (Lipinski definition) is 0. The molecule has 1 unspecified atom stereocenters. The standard InChI is InChI=1S/C44H89NO2.K/c1-4-7-10-12-14-16-18-20-22-24-26-28-30-32-34-36-38-41-45(43(44(46)47)40-9-6-3)42-39-37-35-33-31-29-27-25-23-21-19-17-15-13-11-8-5-2;/h43H,4-42H2,1-3H3,(H,46,47);/q;+1/p-1. The minimum Gasteiger partial charge on any atom is -0.548 e. The molecular formula is C44H88KNO2. The molecule has 0 aliphatic heterocycles. The minimum atomic E-state index is -0.850. The van der Waals surface area contributed by atoms with Gasteiger partial charge in [0.1, 0.15) is 0 Å². The zero-order valence-electron chi connectivity index (χ0n) is 33.9. The van der Waals surface area contributed by atoms with Crippen molar-refractivity contribution in [3.8, 4) is 0 Å². The maximum Gasteiger partial charge on any atom is 1.00 e. The Bertz CT molecular complexity index is 562. The van der Waals surface area contributed by atoms with Crippen LogP contribution >= 0.6 is 0 Å². The molecule has 48 heavy (non-hydrogen) atoms. The molecule has 0 heterocycles. The molecular weight excluding hydrogens is 614 g/mol. The van der Waals surface area contributed by atoms with Crippen molar-refractivity contribution in [3.63, 3.8) is 0 Å². The summed E-state index contributed by atoms with van der Waals surface area (Å²) in [4.78, 5) is 14.3. The molecule has 0 aliphatic carbocycles. The number of carboxylic acid groups (broad SMARTS) is 1. The molecule has 0 saturated heterocycles. The quantitative estimate of drug-likeness (QED) is 0.0471. The summed E-state index contributed by atoms with van der Waals surface area (Å²) >= 11 is 0. The van der Waals surface area contributed by atoms with E-state index in [-0.39, 0.29) is 51.4 Å². The molecule has 0 aromatic rings. The zero-order valence-corrected chi connectivity index (χ0v) is 37.0. The van der Waals surface area contributed by atoms with Gasteiger partial charge >= 0.3 is 51.4 Å². The number of carbonyl (C=O) groups excluding carboxylic acids is 1. The Labute approximate surface area is 346 Å². The van der Waals surface area contributed by atoms with Crippen LogP contribution in [0.1, 0.15) is 258 Å². The van der Waals surface area contributed by atoms with Gasteiger partial charge in [-0.25, -0.2) is 0 Å². The average Bonchev–Trinajstić information content (AvgIpc) is 3.07. The van der Waals surface area contributed by atoms with Crippen LogP contribution in [0.25, 0.3) is 0 Å². The van der Waals surface area contributed by atoms with Crippen molar-refractivity contribution < 1.29 is 61.3 Å². The molecule has 0 aliphatic rings. The Morgan fingerprint density at radius 3 is 0.792 bits per heavy atom. The van der Waals surface area contributed by atoms with Crippen LogP contribution in [0.3, 0.4) is 0 Å². The van der Waals surface area contributed by atoms with E-state index in [2.05, 4.69) is 25.7 Å². The number of unbranched alkanes of at least 4 members (excludes halogenated alkanes) is 33. The fraction of sp³-hybridized carbons (Fsp3) is 0.977. The molecule has 0 radical (unpaired) electrons. The largest absolute Gasteiger partial charge is 1.00 e. The SMILES string of the molecule is CCCCCCCCCCCCCCCCCCCN(CCCCCCCCCCCCCCCCCCC)C(CCCC)C(=O)[O-].[K+]. The molecule has 0 bridgehead atoms. The monoisotopic (exact) mass is 702 g/mol. The number of nitrogens with zero attached hydrogens (tertiary/aromatic N) is 1. The van der Waals surface area contributed by atoms with Gasteiger partial charge in [-0.3, -0.25) is 4.90 Å². The first-order valence-electron chi connectivity index (χ1n) is 22.1. The Morgan fingerprint density at radius 2 is 0.583 bits per heavy atom. The topological polar surface area (TPSA) is 43.4 Å². The number of carbonyl (C=O) groups is 1. The third-order valence-electron chi connectivity index (χ3n) is 10.6. The maximum atomic E-state index is 12.1. The predicted octanol–water partition coefficient (Wildman–Crippen LogP) is 10.9. The fourth-order valence-corrected chi connectivity index (χ4v) is 7.35. The number of carboxylic acids is 1. The zero-order chi connectivity index (χ0) is 34.3. The summed E-state index contributed by atoms with van der Waals surface area (Å²) in [7, 11) is 0. The molecule has 0 N–H and O–H groups in total. The van der Waals surface area contributed by atoms with Crippen molar-refractivity contribution >= 4 is 5.97 Å². The van der Waals surface area contributed by atoms with Crippen molar-refractivity contribution in [2.75, 3.05) is 13.1 Å². The molecule has 0 fully saturated rings. The summed E-state index contributed by atoms with van der Waals surface area (Å²) in [6, 6.07) is -0.392. The van der Waals surface area contributed by atoms with E-state index in [0.717, 1.165) is 45.2 Å². The molecule has 4 heteroatoms. The summed E-state index contributed by atoms with van der Waals surface area (Å²) in [5.74, 6) is -0.850. The second-order valence-electron chi connectivity index (χ2n) is 15.3. The summed E-state index contributed by atoms with van der Waals surface area (Å²) < 4.78 is 0.